The van der Waals surface area contributed by atoms with Crippen molar-refractivity contribution in [2.75, 3.05) is 29.5 Å². The third kappa shape index (κ3) is 2.59. The van der Waals surface area contributed by atoms with Crippen LogP contribution in [0.3, 0.4) is 0 Å². The number of pyridine rings is 1. The Bertz CT molecular complexity index is 385. The predicted molar refractivity (Wildman–Crippen MR) is 66.9 cm³/mol. The largest absolute Gasteiger partial charge is 0.355 e. The van der Waals surface area contributed by atoms with E-state index in [1.54, 1.807) is 6.20 Å². The van der Waals surface area contributed by atoms with Crippen LogP contribution in [0.5, 0.6) is 0 Å². The molecule has 1 aliphatic rings. The zero-order chi connectivity index (χ0) is 11.5. The molecule has 1 aliphatic heterocycles. The topological polar surface area (TPSA) is 59.2 Å². The molecule has 16 heavy (non-hydrogen) atoms. The SMILES string of the molecule is C[C@H](N)c1ccnc(N2CCS(=O)CC2)c1. The third-order valence-electron chi connectivity index (χ3n) is 2.80. The van der Waals surface area contributed by atoms with Crippen molar-refractivity contribution in [3.8, 4) is 0 Å². The van der Waals surface area contributed by atoms with Crippen LogP contribution in [0.25, 0.3) is 0 Å². The van der Waals surface area contributed by atoms with Crippen molar-refractivity contribution in [2.24, 2.45) is 5.73 Å². The lowest BCUT2D eigenvalue weighted by atomic mass is 10.1. The Morgan fingerprint density at radius 2 is 2.19 bits per heavy atom. The molecule has 1 atom stereocenters. The monoisotopic (exact) mass is 239 g/mol. The smallest absolute Gasteiger partial charge is 0.128 e. The number of hydrogen-bond acceptors (Lipinski definition) is 4. The van der Waals surface area contributed by atoms with E-state index in [0.29, 0.717) is 0 Å². The van der Waals surface area contributed by atoms with Crippen molar-refractivity contribution in [2.45, 2.75) is 13.0 Å². The van der Waals surface area contributed by atoms with E-state index >= 15 is 0 Å². The molecular formula is C11H17N3OS. The van der Waals surface area contributed by atoms with E-state index in [9.17, 15) is 4.21 Å². The maximum atomic E-state index is 11.3. The van der Waals surface area contributed by atoms with Crippen LogP contribution in [0, 0.1) is 0 Å². The van der Waals surface area contributed by atoms with E-state index in [1.807, 2.05) is 19.1 Å². The van der Waals surface area contributed by atoms with Crippen molar-refractivity contribution in [3.63, 3.8) is 0 Å². The predicted octanol–water partition coefficient (Wildman–Crippen LogP) is 0.670. The number of nitrogens with zero attached hydrogens (tertiary/aromatic N) is 2. The van der Waals surface area contributed by atoms with Crippen LogP contribution in [-0.2, 0) is 10.8 Å². The van der Waals surface area contributed by atoms with Crippen LogP contribution in [0.4, 0.5) is 5.82 Å². The van der Waals surface area contributed by atoms with Gasteiger partial charge in [-0.25, -0.2) is 4.98 Å². The minimum absolute atomic E-state index is 0.0284. The molecule has 2 N–H and O–H groups in total. The normalized spacial score (nSPS) is 19.8. The molecule has 0 unspecified atom stereocenters. The summed E-state index contributed by atoms with van der Waals surface area (Å²) in [6, 6.07) is 4.00. The molecule has 0 aliphatic carbocycles. The fraction of sp³-hybridized carbons (Fsp3) is 0.545. The first-order valence-corrected chi connectivity index (χ1v) is 6.97. The van der Waals surface area contributed by atoms with Gasteiger partial charge in [0.15, 0.2) is 0 Å². The Kier molecular flexibility index (Phi) is 3.56. The summed E-state index contributed by atoms with van der Waals surface area (Å²) in [7, 11) is -0.643. The summed E-state index contributed by atoms with van der Waals surface area (Å²) in [5.41, 5.74) is 6.93. The Morgan fingerprint density at radius 3 is 2.81 bits per heavy atom. The Labute approximate surface area is 98.3 Å². The number of nitrogens with two attached hydrogens (primary N) is 1. The maximum Gasteiger partial charge on any atom is 0.128 e. The molecule has 5 heteroatoms. The summed E-state index contributed by atoms with van der Waals surface area (Å²) in [6.07, 6.45) is 1.79. The molecule has 88 valence electrons. The lowest BCUT2D eigenvalue weighted by Gasteiger charge is -2.27. The molecule has 0 bridgehead atoms. The van der Waals surface area contributed by atoms with E-state index < -0.39 is 10.8 Å². The van der Waals surface area contributed by atoms with Crippen LogP contribution >= 0.6 is 0 Å². The molecule has 0 radical (unpaired) electrons. The molecule has 4 nitrogen and oxygen atoms in total. The Balaban J connectivity index is 2.14. The maximum absolute atomic E-state index is 11.3. The lowest BCUT2D eigenvalue weighted by molar-refractivity contribution is 0.672. The zero-order valence-electron chi connectivity index (χ0n) is 9.43. The van der Waals surface area contributed by atoms with Gasteiger partial charge in [-0.15, -0.1) is 0 Å². The molecule has 0 saturated carbocycles. The van der Waals surface area contributed by atoms with Crippen LogP contribution in [0.1, 0.15) is 18.5 Å². The Hall–Kier alpha value is -0.940. The molecule has 0 amide bonds. The minimum Gasteiger partial charge on any atom is -0.355 e. The number of rotatable bonds is 2. The van der Waals surface area contributed by atoms with E-state index in [2.05, 4.69) is 9.88 Å². The molecule has 1 aromatic rings. The second-order valence-electron chi connectivity index (χ2n) is 4.07. The number of anilines is 1. The second-order valence-corrected chi connectivity index (χ2v) is 5.77. The summed E-state index contributed by atoms with van der Waals surface area (Å²) < 4.78 is 11.3. The highest BCUT2D eigenvalue weighted by Crippen LogP contribution is 2.17. The molecule has 1 saturated heterocycles. The summed E-state index contributed by atoms with van der Waals surface area (Å²) in [5, 5.41) is 0. The van der Waals surface area contributed by atoms with Gasteiger partial charge in [0.2, 0.25) is 0 Å². The van der Waals surface area contributed by atoms with Crippen LogP contribution in [-0.4, -0.2) is 33.8 Å². The van der Waals surface area contributed by atoms with Crippen molar-refractivity contribution in [3.05, 3.63) is 23.9 Å². The highest BCUT2D eigenvalue weighted by molar-refractivity contribution is 7.85. The summed E-state index contributed by atoms with van der Waals surface area (Å²) in [4.78, 5) is 6.52. The van der Waals surface area contributed by atoms with Gasteiger partial charge in [-0.1, -0.05) is 0 Å². The zero-order valence-corrected chi connectivity index (χ0v) is 10.2. The van der Waals surface area contributed by atoms with Crippen molar-refractivity contribution in [1.82, 2.24) is 4.98 Å². The summed E-state index contributed by atoms with van der Waals surface area (Å²) >= 11 is 0. The molecule has 0 aromatic carbocycles. The van der Waals surface area contributed by atoms with Crippen molar-refractivity contribution >= 4 is 16.6 Å². The number of aromatic nitrogens is 1. The highest BCUT2D eigenvalue weighted by Gasteiger charge is 2.16. The molecule has 1 aromatic heterocycles. The van der Waals surface area contributed by atoms with Gasteiger partial charge in [0, 0.05) is 47.6 Å². The van der Waals surface area contributed by atoms with E-state index in [1.165, 1.54) is 0 Å². The first-order chi connectivity index (χ1) is 7.66. The van der Waals surface area contributed by atoms with Crippen LogP contribution in [0.2, 0.25) is 0 Å². The van der Waals surface area contributed by atoms with Gasteiger partial charge >= 0.3 is 0 Å². The second kappa shape index (κ2) is 4.93. The summed E-state index contributed by atoms with van der Waals surface area (Å²) in [5.74, 6) is 2.43. The van der Waals surface area contributed by atoms with Crippen molar-refractivity contribution in [1.29, 1.82) is 0 Å². The standard InChI is InChI=1S/C11H17N3OS/c1-9(12)10-2-3-13-11(8-10)14-4-6-16(15)7-5-14/h2-3,8-9H,4-7,12H2,1H3/t9-/m0/s1. The minimum atomic E-state index is -0.643. The number of hydrogen-bond donors (Lipinski definition) is 1. The van der Waals surface area contributed by atoms with Gasteiger partial charge in [0.1, 0.15) is 5.82 Å². The average Bonchev–Trinajstić information content (AvgIpc) is 2.30. The third-order valence-corrected chi connectivity index (χ3v) is 4.07. The van der Waals surface area contributed by atoms with Gasteiger partial charge in [-0.3, -0.25) is 4.21 Å². The fourth-order valence-corrected chi connectivity index (χ4v) is 2.81. The van der Waals surface area contributed by atoms with Crippen LogP contribution < -0.4 is 10.6 Å². The molecule has 1 fully saturated rings. The first-order valence-electron chi connectivity index (χ1n) is 5.48. The molecular weight excluding hydrogens is 222 g/mol. The first kappa shape index (κ1) is 11.5. The van der Waals surface area contributed by atoms with Gasteiger partial charge in [-0.05, 0) is 24.6 Å². The van der Waals surface area contributed by atoms with E-state index in [0.717, 1.165) is 36.0 Å². The molecule has 2 rings (SSSR count). The van der Waals surface area contributed by atoms with Gasteiger partial charge < -0.3 is 10.6 Å². The van der Waals surface area contributed by atoms with Crippen molar-refractivity contribution < 1.29 is 4.21 Å². The Morgan fingerprint density at radius 1 is 1.50 bits per heavy atom. The van der Waals surface area contributed by atoms with Gasteiger partial charge in [0.05, 0.1) is 0 Å². The fourth-order valence-electron chi connectivity index (χ4n) is 1.76. The quantitative estimate of drug-likeness (QED) is 0.824. The van der Waals surface area contributed by atoms with Crippen LogP contribution in [0.15, 0.2) is 18.3 Å². The van der Waals surface area contributed by atoms with E-state index in [4.69, 9.17) is 5.73 Å². The molecule has 0 spiro atoms. The summed E-state index contributed by atoms with van der Waals surface area (Å²) in [6.45, 7) is 3.61. The van der Waals surface area contributed by atoms with E-state index in [-0.39, 0.29) is 6.04 Å². The van der Waals surface area contributed by atoms with Gasteiger partial charge in [-0.2, -0.15) is 0 Å². The highest BCUT2D eigenvalue weighted by atomic mass is 32.2. The van der Waals surface area contributed by atoms with Gasteiger partial charge in [0.25, 0.3) is 0 Å². The average molecular weight is 239 g/mol. The lowest BCUT2D eigenvalue weighted by Crippen LogP contribution is -2.38. The molecule has 2 heterocycles.